The molecule has 0 aliphatic carbocycles. The van der Waals surface area contributed by atoms with E-state index in [0.717, 1.165) is 19.3 Å². The molecule has 0 aromatic heterocycles. The molecule has 1 N–H and O–H groups in total. The minimum absolute atomic E-state index is 0. The summed E-state index contributed by atoms with van der Waals surface area (Å²) in [6, 6.07) is 0. The molecule has 0 rings (SSSR count). The number of hydrogen-bond acceptors (Lipinski definition) is 5. The Labute approximate surface area is 217 Å². The van der Waals surface area contributed by atoms with Crippen LogP contribution in [0.5, 0.6) is 0 Å². The molecule has 1 atom stereocenters. The first-order chi connectivity index (χ1) is 12.3. The first kappa shape index (κ1) is 34.2. The maximum atomic E-state index is 11.7. The van der Waals surface area contributed by atoms with E-state index in [2.05, 4.69) is 17.7 Å². The van der Waals surface area contributed by atoms with E-state index in [9.17, 15) is 16.8 Å². The molecule has 0 aromatic rings. The van der Waals surface area contributed by atoms with Gasteiger partial charge in [0.25, 0.3) is 20.2 Å². The molecular weight excluding hydrogens is 422 g/mol. The molecular formula is C18H38Na2O6S2. The van der Waals surface area contributed by atoms with Crippen LogP contribution in [0.3, 0.4) is 0 Å². The van der Waals surface area contributed by atoms with Crippen LogP contribution in [0.4, 0.5) is 0 Å². The second kappa shape index (κ2) is 20.5. The first-order valence-electron chi connectivity index (χ1n) is 9.72. The summed E-state index contributed by atoms with van der Waals surface area (Å²) in [5.74, 6) is 0. The number of rotatable bonds is 18. The molecule has 6 nitrogen and oxygen atoms in total. The fraction of sp³-hybridized carbons (Fsp3) is 0.889. The monoisotopic (exact) mass is 460 g/mol. The summed E-state index contributed by atoms with van der Waals surface area (Å²) >= 11 is 0. The van der Waals surface area contributed by atoms with Crippen LogP contribution in [-0.2, 0) is 24.4 Å². The summed E-state index contributed by atoms with van der Waals surface area (Å²) in [6.45, 7) is 5.25. The Balaban J connectivity index is -0.00000312. The zero-order valence-corrected chi connectivity index (χ0v) is 17.7. The molecule has 0 bridgehead atoms. The van der Waals surface area contributed by atoms with Crippen LogP contribution < -0.4 is 0 Å². The molecule has 1 unspecified atom stereocenters. The third kappa shape index (κ3) is 18.3. The molecule has 160 valence electrons. The van der Waals surface area contributed by atoms with Crippen molar-refractivity contribution in [2.75, 3.05) is 6.61 Å². The second-order valence-electron chi connectivity index (χ2n) is 6.68. The quantitative estimate of drug-likeness (QED) is 0.110. The van der Waals surface area contributed by atoms with E-state index in [1.54, 1.807) is 0 Å². The molecule has 0 aromatic carbocycles. The van der Waals surface area contributed by atoms with Gasteiger partial charge in [0.15, 0.2) is 0 Å². The van der Waals surface area contributed by atoms with Crippen LogP contribution in [0, 0.1) is 0 Å². The molecule has 0 saturated carbocycles. The van der Waals surface area contributed by atoms with E-state index in [1.807, 2.05) is 0 Å². The van der Waals surface area contributed by atoms with Crippen LogP contribution in [0.1, 0.15) is 90.4 Å². The topological polar surface area (TPSA) is 97.7 Å². The van der Waals surface area contributed by atoms with E-state index in [1.165, 1.54) is 57.8 Å². The molecule has 0 heterocycles. The van der Waals surface area contributed by atoms with Crippen molar-refractivity contribution in [2.24, 2.45) is 0 Å². The van der Waals surface area contributed by atoms with Crippen LogP contribution >= 0.6 is 0 Å². The summed E-state index contributed by atoms with van der Waals surface area (Å²) in [5.41, 5.74) is 0. The summed E-state index contributed by atoms with van der Waals surface area (Å²) in [5, 5.41) is 0. The Hall–Kier alpha value is 1.56. The van der Waals surface area contributed by atoms with Gasteiger partial charge in [0.1, 0.15) is 0 Å². The average Bonchev–Trinajstić information content (AvgIpc) is 2.54. The van der Waals surface area contributed by atoms with Crippen molar-refractivity contribution in [3.63, 3.8) is 0 Å². The predicted molar refractivity (Wildman–Crippen MR) is 120 cm³/mol. The fourth-order valence-corrected chi connectivity index (χ4v) is 5.07. The van der Waals surface area contributed by atoms with Gasteiger partial charge >= 0.3 is 59.1 Å². The molecule has 0 aliphatic heterocycles. The Morgan fingerprint density at radius 1 is 0.786 bits per heavy atom. The van der Waals surface area contributed by atoms with Gasteiger partial charge in [-0.1, -0.05) is 90.0 Å². The van der Waals surface area contributed by atoms with Gasteiger partial charge in [0.05, 0.1) is 6.61 Å². The summed E-state index contributed by atoms with van der Waals surface area (Å²) in [6.07, 6.45) is 15.8. The van der Waals surface area contributed by atoms with Gasteiger partial charge in [-0.05, 0) is 6.42 Å². The molecule has 0 amide bonds. The third-order valence-corrected chi connectivity index (χ3v) is 7.74. The maximum absolute atomic E-state index is 11.7. The SMILES string of the molecule is C=CC(S(=O)(=O)O)S(=O)(=O)OCCCCCCCCCCCCCCC.[NaH].[NaH]. The van der Waals surface area contributed by atoms with E-state index < -0.39 is 24.8 Å². The standard InChI is InChI=1S/C18H36O6S2.2Na.2H/c1-3-5-6-7-8-9-10-11-12-13-14-15-16-17-24-26(22,23)18(4-2)25(19,20)21;;;;/h4,18H,2-3,5-17H2,1H3,(H,19,20,21);;;;. The Kier molecular flexibility index (Phi) is 25.0. The molecule has 0 saturated heterocycles. The summed E-state index contributed by atoms with van der Waals surface area (Å²) in [7, 11) is -9.18. The minimum atomic E-state index is -4.77. The van der Waals surface area contributed by atoms with Gasteiger partial charge in [0, 0.05) is 0 Å². The Morgan fingerprint density at radius 2 is 1.14 bits per heavy atom. The molecule has 0 radical (unpaired) electrons. The number of unbranched alkanes of at least 4 members (excludes halogenated alkanes) is 12. The van der Waals surface area contributed by atoms with Gasteiger partial charge in [-0.2, -0.15) is 16.8 Å². The van der Waals surface area contributed by atoms with Crippen molar-refractivity contribution < 1.29 is 25.6 Å². The van der Waals surface area contributed by atoms with E-state index in [4.69, 9.17) is 4.55 Å². The summed E-state index contributed by atoms with van der Waals surface area (Å²) < 4.78 is 56.8. The van der Waals surface area contributed by atoms with Crippen molar-refractivity contribution in [1.82, 2.24) is 0 Å². The zero-order chi connectivity index (χ0) is 19.9. The number of hydrogen-bond donors (Lipinski definition) is 1. The molecule has 0 aliphatic rings. The fourth-order valence-electron chi connectivity index (χ4n) is 2.75. The van der Waals surface area contributed by atoms with Crippen molar-refractivity contribution in [2.45, 2.75) is 95.0 Å². The van der Waals surface area contributed by atoms with Crippen LogP contribution in [0.25, 0.3) is 0 Å². The van der Waals surface area contributed by atoms with Crippen LogP contribution in [0.2, 0.25) is 0 Å². The molecule has 10 heteroatoms. The summed E-state index contributed by atoms with van der Waals surface area (Å²) in [4.78, 5) is 0. The van der Waals surface area contributed by atoms with Gasteiger partial charge in [-0.15, -0.1) is 6.58 Å². The Bertz CT molecular complexity index is 565. The van der Waals surface area contributed by atoms with Gasteiger partial charge in [-0.25, -0.2) is 0 Å². The molecule has 28 heavy (non-hydrogen) atoms. The van der Waals surface area contributed by atoms with Crippen molar-refractivity contribution in [3.8, 4) is 0 Å². The van der Waals surface area contributed by atoms with E-state index in [0.29, 0.717) is 12.5 Å². The van der Waals surface area contributed by atoms with Gasteiger partial charge < -0.3 is 0 Å². The van der Waals surface area contributed by atoms with Gasteiger partial charge in [0.2, 0.25) is 4.58 Å². The van der Waals surface area contributed by atoms with Crippen LogP contribution in [0.15, 0.2) is 12.7 Å². The van der Waals surface area contributed by atoms with Crippen molar-refractivity contribution in [1.29, 1.82) is 0 Å². The third-order valence-electron chi connectivity index (χ3n) is 4.27. The van der Waals surface area contributed by atoms with Crippen molar-refractivity contribution >= 4 is 79.4 Å². The van der Waals surface area contributed by atoms with E-state index >= 15 is 0 Å². The predicted octanol–water partition coefficient (Wildman–Crippen LogP) is 3.53. The zero-order valence-electron chi connectivity index (χ0n) is 16.1. The Morgan fingerprint density at radius 3 is 1.46 bits per heavy atom. The van der Waals surface area contributed by atoms with Crippen molar-refractivity contribution in [3.05, 3.63) is 12.7 Å². The van der Waals surface area contributed by atoms with Crippen LogP contribution in [-0.4, -0.2) is 91.7 Å². The average molecular weight is 461 g/mol. The van der Waals surface area contributed by atoms with Gasteiger partial charge in [-0.3, -0.25) is 8.74 Å². The molecule has 0 spiro atoms. The van der Waals surface area contributed by atoms with E-state index in [-0.39, 0.29) is 65.7 Å². The first-order valence-corrected chi connectivity index (χ1v) is 12.7. The molecule has 0 fully saturated rings. The second-order valence-corrected chi connectivity index (χ2v) is 10.2. The normalized spacial score (nSPS) is 12.6.